The highest BCUT2D eigenvalue weighted by Gasteiger charge is 2.19. The van der Waals surface area contributed by atoms with E-state index in [1.54, 1.807) is 7.11 Å². The van der Waals surface area contributed by atoms with Gasteiger partial charge in [0.15, 0.2) is 0 Å². The maximum absolute atomic E-state index is 10.4. The minimum Gasteiger partial charge on any atom is -0.497 e. The molecule has 1 heterocycles. The highest BCUT2D eigenvalue weighted by atomic mass is 16.5. The molecule has 0 aromatic heterocycles. The summed E-state index contributed by atoms with van der Waals surface area (Å²) in [7, 11) is 1.64. The molecule has 1 aliphatic rings. The Morgan fingerprint density at radius 1 is 1.50 bits per heavy atom. The maximum atomic E-state index is 10.4. The fourth-order valence-electron chi connectivity index (χ4n) is 1.86. The largest absolute Gasteiger partial charge is 0.497 e. The normalized spacial score (nSPS) is 14.6. The number of carboxylic acid groups (broad SMARTS) is 1. The van der Waals surface area contributed by atoms with Gasteiger partial charge in [0.25, 0.3) is 0 Å². The van der Waals surface area contributed by atoms with Gasteiger partial charge in [-0.25, -0.2) is 4.79 Å². The maximum Gasteiger partial charge on any atom is 0.405 e. The fraction of sp³-hybridized carbons (Fsp3) is 0.364. The number of ether oxygens (including phenoxy) is 1. The number of methoxy groups -OCH3 is 1. The molecular formula is C11H14N2O3. The lowest BCUT2D eigenvalue weighted by Gasteiger charge is -2.13. The molecule has 1 aromatic carbocycles. The van der Waals surface area contributed by atoms with Gasteiger partial charge in [0.05, 0.1) is 13.8 Å². The van der Waals surface area contributed by atoms with Crippen LogP contribution >= 0.6 is 0 Å². The van der Waals surface area contributed by atoms with Crippen LogP contribution < -0.4 is 10.1 Å². The van der Waals surface area contributed by atoms with E-state index in [0.29, 0.717) is 6.67 Å². The van der Waals surface area contributed by atoms with Crippen molar-refractivity contribution >= 4 is 6.09 Å². The monoisotopic (exact) mass is 222 g/mol. The number of fused-ring (bicyclic) bond motifs is 1. The molecule has 0 unspecified atom stereocenters. The Morgan fingerprint density at radius 2 is 2.25 bits per heavy atom. The van der Waals surface area contributed by atoms with Crippen molar-refractivity contribution in [1.82, 2.24) is 10.2 Å². The number of rotatable bonds is 3. The van der Waals surface area contributed by atoms with Gasteiger partial charge in [0, 0.05) is 13.1 Å². The number of hydrogen-bond acceptors (Lipinski definition) is 3. The Morgan fingerprint density at radius 3 is 2.94 bits per heavy atom. The van der Waals surface area contributed by atoms with Gasteiger partial charge in [-0.15, -0.1) is 0 Å². The summed E-state index contributed by atoms with van der Waals surface area (Å²) in [6, 6.07) is 5.94. The van der Waals surface area contributed by atoms with Gasteiger partial charge in [0.1, 0.15) is 5.75 Å². The lowest BCUT2D eigenvalue weighted by Crippen LogP contribution is -2.33. The Kier molecular flexibility index (Phi) is 2.96. The Labute approximate surface area is 93.6 Å². The van der Waals surface area contributed by atoms with E-state index in [-0.39, 0.29) is 0 Å². The van der Waals surface area contributed by atoms with Gasteiger partial charge in [-0.3, -0.25) is 4.90 Å². The Bertz CT molecular complexity index is 406. The summed E-state index contributed by atoms with van der Waals surface area (Å²) >= 11 is 0. The summed E-state index contributed by atoms with van der Waals surface area (Å²) in [6.45, 7) is 1.89. The topological polar surface area (TPSA) is 61.8 Å². The van der Waals surface area contributed by atoms with Gasteiger partial charge in [-0.1, -0.05) is 6.07 Å². The van der Waals surface area contributed by atoms with Crippen LogP contribution in [-0.4, -0.2) is 29.9 Å². The van der Waals surface area contributed by atoms with Crippen LogP contribution in [0.5, 0.6) is 5.75 Å². The van der Waals surface area contributed by atoms with Crippen LogP contribution in [0.2, 0.25) is 0 Å². The summed E-state index contributed by atoms with van der Waals surface area (Å²) in [4.78, 5) is 12.4. The molecule has 1 aliphatic heterocycles. The number of nitrogens with one attached hydrogen (secondary N) is 1. The molecule has 0 atom stereocenters. The van der Waals surface area contributed by atoms with Gasteiger partial charge in [-0.05, 0) is 23.3 Å². The third-order valence-electron chi connectivity index (χ3n) is 2.66. The SMILES string of the molecule is COc1ccc2c(c1)CN(CNC(=O)O)C2. The van der Waals surface area contributed by atoms with Gasteiger partial charge in [-0.2, -0.15) is 0 Å². The minimum absolute atomic E-state index is 0.354. The van der Waals surface area contributed by atoms with Crippen molar-refractivity contribution in [3.8, 4) is 5.75 Å². The number of hydrogen-bond donors (Lipinski definition) is 2. The molecule has 0 fully saturated rings. The molecule has 5 heteroatoms. The highest BCUT2D eigenvalue weighted by molar-refractivity contribution is 5.64. The van der Waals surface area contributed by atoms with Crippen molar-refractivity contribution < 1.29 is 14.6 Å². The zero-order valence-corrected chi connectivity index (χ0v) is 9.06. The van der Waals surface area contributed by atoms with Crippen LogP contribution in [0.3, 0.4) is 0 Å². The van der Waals surface area contributed by atoms with E-state index in [0.717, 1.165) is 18.8 Å². The first-order valence-electron chi connectivity index (χ1n) is 5.04. The van der Waals surface area contributed by atoms with E-state index in [1.165, 1.54) is 11.1 Å². The second kappa shape index (κ2) is 4.40. The molecule has 0 saturated heterocycles. The van der Waals surface area contributed by atoms with Gasteiger partial charge < -0.3 is 15.2 Å². The smallest absolute Gasteiger partial charge is 0.405 e. The van der Waals surface area contributed by atoms with Crippen molar-refractivity contribution in [2.24, 2.45) is 0 Å². The Hall–Kier alpha value is -1.75. The summed E-state index contributed by atoms with van der Waals surface area (Å²) in [6.07, 6.45) is -0.992. The number of nitrogens with zero attached hydrogens (tertiary/aromatic N) is 1. The van der Waals surface area contributed by atoms with Crippen LogP contribution in [0.4, 0.5) is 4.79 Å². The minimum atomic E-state index is -0.992. The molecule has 0 spiro atoms. The molecule has 1 aromatic rings. The van der Waals surface area contributed by atoms with Crippen LogP contribution in [0, 0.1) is 0 Å². The highest BCUT2D eigenvalue weighted by Crippen LogP contribution is 2.25. The molecular weight excluding hydrogens is 208 g/mol. The molecule has 1 amide bonds. The van der Waals surface area contributed by atoms with E-state index < -0.39 is 6.09 Å². The summed E-state index contributed by atoms with van der Waals surface area (Å²) in [5.41, 5.74) is 2.43. The second-order valence-electron chi connectivity index (χ2n) is 3.76. The first kappa shape index (κ1) is 10.8. The van der Waals surface area contributed by atoms with Crippen LogP contribution in [0.25, 0.3) is 0 Å². The van der Waals surface area contributed by atoms with Crippen LogP contribution in [-0.2, 0) is 13.1 Å². The summed E-state index contributed by atoms with van der Waals surface area (Å²) in [5.74, 6) is 0.840. The van der Waals surface area contributed by atoms with Crippen molar-refractivity contribution in [3.05, 3.63) is 29.3 Å². The first-order chi connectivity index (χ1) is 7.69. The number of carbonyl (C=O) groups is 1. The van der Waals surface area contributed by atoms with Crippen molar-refractivity contribution in [3.63, 3.8) is 0 Å². The predicted octanol–water partition coefficient (Wildman–Crippen LogP) is 1.24. The lowest BCUT2D eigenvalue weighted by molar-refractivity contribution is 0.179. The standard InChI is InChI=1S/C11H14N2O3/c1-16-10-3-2-8-5-13(6-9(8)4-10)7-12-11(14)15/h2-4,12H,5-7H2,1H3,(H,14,15). The second-order valence-corrected chi connectivity index (χ2v) is 3.76. The van der Waals surface area contributed by atoms with Crippen LogP contribution in [0.1, 0.15) is 11.1 Å². The van der Waals surface area contributed by atoms with Crippen molar-refractivity contribution in [2.45, 2.75) is 13.1 Å². The molecule has 2 rings (SSSR count). The average molecular weight is 222 g/mol. The zero-order valence-electron chi connectivity index (χ0n) is 9.06. The van der Waals surface area contributed by atoms with E-state index in [1.807, 2.05) is 23.1 Å². The van der Waals surface area contributed by atoms with Crippen molar-refractivity contribution in [2.75, 3.05) is 13.8 Å². The Balaban J connectivity index is 2.00. The van der Waals surface area contributed by atoms with Gasteiger partial charge in [0.2, 0.25) is 0 Å². The molecule has 0 bridgehead atoms. The van der Waals surface area contributed by atoms with Gasteiger partial charge >= 0.3 is 6.09 Å². The first-order valence-corrected chi connectivity index (χ1v) is 5.04. The average Bonchev–Trinajstić information content (AvgIpc) is 2.67. The number of benzene rings is 1. The molecule has 0 radical (unpaired) electrons. The van der Waals surface area contributed by atoms with E-state index in [9.17, 15) is 4.79 Å². The molecule has 5 nitrogen and oxygen atoms in total. The quantitative estimate of drug-likeness (QED) is 0.807. The molecule has 0 aliphatic carbocycles. The zero-order chi connectivity index (χ0) is 11.5. The van der Waals surface area contributed by atoms with E-state index >= 15 is 0 Å². The van der Waals surface area contributed by atoms with E-state index in [2.05, 4.69) is 5.32 Å². The van der Waals surface area contributed by atoms with E-state index in [4.69, 9.17) is 9.84 Å². The molecule has 2 N–H and O–H groups in total. The third-order valence-corrected chi connectivity index (χ3v) is 2.66. The molecule has 86 valence electrons. The number of amides is 1. The summed E-state index contributed by atoms with van der Waals surface area (Å²) < 4.78 is 5.14. The lowest BCUT2D eigenvalue weighted by atomic mass is 10.1. The molecule has 16 heavy (non-hydrogen) atoms. The molecule has 0 saturated carbocycles. The predicted molar refractivity (Wildman–Crippen MR) is 58.3 cm³/mol. The van der Waals surface area contributed by atoms with Crippen LogP contribution in [0.15, 0.2) is 18.2 Å². The summed E-state index contributed by atoms with van der Waals surface area (Å²) in [5, 5.41) is 10.9. The fourth-order valence-corrected chi connectivity index (χ4v) is 1.86. The van der Waals surface area contributed by atoms with Crippen molar-refractivity contribution in [1.29, 1.82) is 0 Å². The third kappa shape index (κ3) is 2.25.